The van der Waals surface area contributed by atoms with E-state index in [1.165, 1.54) is 19.0 Å². The first kappa shape index (κ1) is 18.4. The summed E-state index contributed by atoms with van der Waals surface area (Å²) in [5, 5.41) is 1.08. The maximum atomic E-state index is 11.7. The van der Waals surface area contributed by atoms with Gasteiger partial charge in [0, 0.05) is 23.7 Å². The molecule has 1 aromatic heterocycles. The van der Waals surface area contributed by atoms with Crippen molar-refractivity contribution in [3.8, 4) is 0 Å². The van der Waals surface area contributed by atoms with E-state index in [4.69, 9.17) is 9.47 Å². The summed E-state index contributed by atoms with van der Waals surface area (Å²) >= 11 is 0. The average molecular weight is 366 g/mol. The van der Waals surface area contributed by atoms with E-state index < -0.39 is 10.0 Å². The van der Waals surface area contributed by atoms with Gasteiger partial charge in [0.15, 0.2) is 6.29 Å². The zero-order valence-corrected chi connectivity index (χ0v) is 15.4. The fourth-order valence-corrected chi connectivity index (χ4v) is 3.90. The van der Waals surface area contributed by atoms with Crippen molar-refractivity contribution in [1.29, 1.82) is 0 Å². The van der Waals surface area contributed by atoms with Crippen molar-refractivity contribution in [1.82, 2.24) is 9.71 Å². The molecule has 1 aromatic carbocycles. The number of rotatable bonds is 8. The molecule has 0 saturated carbocycles. The first-order chi connectivity index (χ1) is 12.1. The number of aryl methyl sites for hydroxylation is 1. The lowest BCUT2D eigenvalue weighted by Crippen LogP contribution is -2.22. The summed E-state index contributed by atoms with van der Waals surface area (Å²) in [7, 11) is -1.83. The predicted molar refractivity (Wildman–Crippen MR) is 97.8 cm³/mol. The Hall–Kier alpha value is -1.41. The van der Waals surface area contributed by atoms with Gasteiger partial charge >= 0.3 is 0 Å². The Morgan fingerprint density at radius 3 is 3.00 bits per heavy atom. The van der Waals surface area contributed by atoms with Crippen molar-refractivity contribution in [2.24, 2.45) is 0 Å². The fourth-order valence-electron chi connectivity index (χ4n) is 3.13. The number of sulfonamides is 1. The third-order valence-electron chi connectivity index (χ3n) is 4.53. The number of ether oxygens (including phenoxy) is 2. The number of aromatic amines is 1. The van der Waals surface area contributed by atoms with Crippen LogP contribution in [-0.4, -0.2) is 40.0 Å². The third-order valence-corrected chi connectivity index (χ3v) is 5.87. The molecular formula is C18H26N2O4S. The van der Waals surface area contributed by atoms with E-state index in [2.05, 4.69) is 9.71 Å². The SMILES string of the molecule is CNS(=O)(=O)Cc1ccc2[nH]cc(CCCOC3CCCCO3)c2c1. The van der Waals surface area contributed by atoms with Crippen LogP contribution in [0.4, 0.5) is 0 Å². The van der Waals surface area contributed by atoms with E-state index in [1.54, 1.807) is 0 Å². The molecule has 3 rings (SSSR count). The molecule has 0 radical (unpaired) electrons. The molecule has 1 fully saturated rings. The van der Waals surface area contributed by atoms with E-state index in [-0.39, 0.29) is 12.0 Å². The van der Waals surface area contributed by atoms with Gasteiger partial charge in [-0.3, -0.25) is 0 Å². The highest BCUT2D eigenvalue weighted by molar-refractivity contribution is 7.88. The Morgan fingerprint density at radius 1 is 1.36 bits per heavy atom. The standard InChI is InChI=1S/C18H26N2O4S/c1-19-25(21,22)13-14-7-8-17-16(11-14)15(12-20-17)5-4-10-24-18-6-2-3-9-23-18/h7-8,11-12,18-20H,2-6,9-10,13H2,1H3. The summed E-state index contributed by atoms with van der Waals surface area (Å²) in [5.74, 6) is -0.00775. The molecule has 1 aliphatic heterocycles. The smallest absolute Gasteiger partial charge is 0.215 e. The number of hydrogen-bond acceptors (Lipinski definition) is 4. The molecule has 1 saturated heterocycles. The first-order valence-corrected chi connectivity index (χ1v) is 10.5. The summed E-state index contributed by atoms with van der Waals surface area (Å²) in [4.78, 5) is 3.25. The van der Waals surface area contributed by atoms with Crippen molar-refractivity contribution in [3.63, 3.8) is 0 Å². The molecule has 25 heavy (non-hydrogen) atoms. The summed E-state index contributed by atoms with van der Waals surface area (Å²) < 4.78 is 37.2. The number of aromatic nitrogens is 1. The minimum absolute atomic E-state index is 0.00775. The highest BCUT2D eigenvalue weighted by Crippen LogP contribution is 2.22. The second-order valence-corrected chi connectivity index (χ2v) is 8.35. The number of hydrogen-bond donors (Lipinski definition) is 2. The topological polar surface area (TPSA) is 80.4 Å². The Morgan fingerprint density at radius 2 is 2.24 bits per heavy atom. The molecule has 0 aliphatic carbocycles. The minimum Gasteiger partial charge on any atom is -0.361 e. The molecule has 2 heterocycles. The third kappa shape index (κ3) is 5.04. The number of fused-ring (bicyclic) bond motifs is 1. The largest absolute Gasteiger partial charge is 0.361 e. The van der Waals surface area contributed by atoms with E-state index in [9.17, 15) is 8.42 Å². The summed E-state index contributed by atoms with van der Waals surface area (Å²) in [5.41, 5.74) is 3.00. The second-order valence-electron chi connectivity index (χ2n) is 6.43. The van der Waals surface area contributed by atoms with Gasteiger partial charge in [-0.05, 0) is 62.4 Å². The van der Waals surface area contributed by atoms with E-state index in [0.717, 1.165) is 48.8 Å². The molecule has 7 heteroatoms. The van der Waals surface area contributed by atoms with Gasteiger partial charge in [-0.15, -0.1) is 0 Å². The quantitative estimate of drug-likeness (QED) is 0.704. The van der Waals surface area contributed by atoms with Crippen molar-refractivity contribution in [3.05, 3.63) is 35.5 Å². The molecular weight excluding hydrogens is 340 g/mol. The van der Waals surface area contributed by atoms with Crippen LogP contribution in [0.2, 0.25) is 0 Å². The maximum absolute atomic E-state index is 11.7. The van der Waals surface area contributed by atoms with Crippen LogP contribution in [0.25, 0.3) is 10.9 Å². The van der Waals surface area contributed by atoms with Crippen molar-refractivity contribution in [2.45, 2.75) is 44.1 Å². The molecule has 0 bridgehead atoms. The van der Waals surface area contributed by atoms with Gasteiger partial charge in [-0.1, -0.05) is 6.07 Å². The van der Waals surface area contributed by atoms with E-state index in [0.29, 0.717) is 6.61 Å². The van der Waals surface area contributed by atoms with Crippen LogP contribution >= 0.6 is 0 Å². The zero-order chi connectivity index (χ0) is 17.7. The van der Waals surface area contributed by atoms with Gasteiger partial charge in [-0.25, -0.2) is 13.1 Å². The van der Waals surface area contributed by atoms with Gasteiger partial charge in [0.25, 0.3) is 0 Å². The number of nitrogens with one attached hydrogen (secondary N) is 2. The average Bonchev–Trinajstić information content (AvgIpc) is 3.02. The number of H-pyrrole nitrogens is 1. The predicted octanol–water partition coefficient (Wildman–Crippen LogP) is 2.69. The van der Waals surface area contributed by atoms with Crippen LogP contribution in [0, 0.1) is 0 Å². The van der Waals surface area contributed by atoms with Crippen LogP contribution < -0.4 is 4.72 Å². The van der Waals surface area contributed by atoms with E-state index >= 15 is 0 Å². The van der Waals surface area contributed by atoms with Gasteiger partial charge in [0.2, 0.25) is 10.0 Å². The molecule has 2 N–H and O–H groups in total. The molecule has 0 amide bonds. The lowest BCUT2D eigenvalue weighted by Gasteiger charge is -2.22. The Balaban J connectivity index is 1.59. The van der Waals surface area contributed by atoms with Crippen LogP contribution in [-0.2, 0) is 31.7 Å². The summed E-state index contributed by atoms with van der Waals surface area (Å²) in [6.07, 6.45) is 7.02. The Kier molecular flexibility index (Phi) is 6.11. The van der Waals surface area contributed by atoms with Crippen molar-refractivity contribution >= 4 is 20.9 Å². The molecule has 1 atom stereocenters. The van der Waals surface area contributed by atoms with Crippen LogP contribution in [0.1, 0.15) is 36.8 Å². The second kappa shape index (κ2) is 8.31. The summed E-state index contributed by atoms with van der Waals surface area (Å²) in [6, 6.07) is 5.74. The van der Waals surface area contributed by atoms with Crippen LogP contribution in [0.15, 0.2) is 24.4 Å². The highest BCUT2D eigenvalue weighted by atomic mass is 32.2. The fraction of sp³-hybridized carbons (Fsp3) is 0.556. The molecule has 2 aromatic rings. The minimum atomic E-state index is -3.26. The lowest BCUT2D eigenvalue weighted by atomic mass is 10.1. The lowest BCUT2D eigenvalue weighted by molar-refractivity contribution is -0.162. The maximum Gasteiger partial charge on any atom is 0.215 e. The summed E-state index contributed by atoms with van der Waals surface area (Å²) in [6.45, 7) is 1.47. The highest BCUT2D eigenvalue weighted by Gasteiger charge is 2.14. The van der Waals surface area contributed by atoms with Crippen molar-refractivity contribution < 1.29 is 17.9 Å². The zero-order valence-electron chi connectivity index (χ0n) is 14.6. The van der Waals surface area contributed by atoms with Gasteiger partial charge in [-0.2, -0.15) is 0 Å². The van der Waals surface area contributed by atoms with Gasteiger partial charge < -0.3 is 14.5 Å². The molecule has 6 nitrogen and oxygen atoms in total. The number of benzene rings is 1. The van der Waals surface area contributed by atoms with Crippen LogP contribution in [0.3, 0.4) is 0 Å². The normalized spacial score (nSPS) is 18.7. The van der Waals surface area contributed by atoms with E-state index in [1.807, 2.05) is 24.4 Å². The molecule has 138 valence electrons. The van der Waals surface area contributed by atoms with Gasteiger partial charge in [0.05, 0.1) is 12.4 Å². The Labute approximate surface area is 149 Å². The Bertz CT molecular complexity index is 795. The molecule has 1 unspecified atom stereocenters. The van der Waals surface area contributed by atoms with Crippen LogP contribution in [0.5, 0.6) is 0 Å². The monoisotopic (exact) mass is 366 g/mol. The first-order valence-electron chi connectivity index (χ1n) is 8.81. The van der Waals surface area contributed by atoms with Gasteiger partial charge in [0.1, 0.15) is 0 Å². The van der Waals surface area contributed by atoms with Crippen molar-refractivity contribution in [2.75, 3.05) is 20.3 Å². The molecule has 1 aliphatic rings. The molecule has 0 spiro atoms.